The number of hydrogen-bond donors (Lipinski definition) is 0. The van der Waals surface area contributed by atoms with Crippen molar-refractivity contribution in [3.63, 3.8) is 0 Å². The molecular formula is C45H43NOS. The molecule has 0 aliphatic heterocycles. The van der Waals surface area contributed by atoms with Gasteiger partial charge < -0.3 is 4.90 Å². The van der Waals surface area contributed by atoms with Crippen molar-refractivity contribution >= 4 is 46.8 Å². The molecule has 0 radical (unpaired) electrons. The molecule has 0 N–H and O–H groups in total. The Hall–Kier alpha value is -4.99. The number of carbonyl (C=O) groups excluding carboxylic acids is 1. The van der Waals surface area contributed by atoms with E-state index in [4.69, 9.17) is 0 Å². The van der Waals surface area contributed by atoms with Crippen LogP contribution >= 0.6 is 11.3 Å². The average molecular weight is 646 g/mol. The zero-order valence-corrected chi connectivity index (χ0v) is 28.5. The molecule has 0 saturated carbocycles. The number of thiophene rings is 1. The van der Waals surface area contributed by atoms with Crippen LogP contribution in [0, 0.1) is 0 Å². The van der Waals surface area contributed by atoms with Crippen LogP contribution in [0.4, 0.5) is 17.1 Å². The third-order valence-corrected chi connectivity index (χ3v) is 9.93. The van der Waals surface area contributed by atoms with E-state index >= 15 is 0 Å². The first-order valence-electron chi connectivity index (χ1n) is 17.2. The third kappa shape index (κ3) is 8.48. The van der Waals surface area contributed by atoms with Gasteiger partial charge in [-0.1, -0.05) is 142 Å². The molecule has 0 unspecified atom stereocenters. The molecule has 1 aromatic heterocycles. The predicted molar refractivity (Wildman–Crippen MR) is 208 cm³/mol. The Morgan fingerprint density at radius 2 is 1.12 bits per heavy atom. The number of aryl methyl sites for hydroxylation is 1. The molecule has 0 aliphatic carbocycles. The molecule has 0 fully saturated rings. The molecule has 6 rings (SSSR count). The van der Waals surface area contributed by atoms with E-state index in [9.17, 15) is 4.79 Å². The Bertz CT molecular complexity index is 1850. The Morgan fingerprint density at radius 1 is 0.562 bits per heavy atom. The summed E-state index contributed by atoms with van der Waals surface area (Å²) in [6.45, 7) is 2.27. The van der Waals surface area contributed by atoms with Crippen molar-refractivity contribution in [1.82, 2.24) is 0 Å². The fourth-order valence-corrected chi connectivity index (χ4v) is 7.18. The topological polar surface area (TPSA) is 20.3 Å². The maximum atomic E-state index is 11.3. The Morgan fingerprint density at radius 3 is 1.75 bits per heavy atom. The summed E-state index contributed by atoms with van der Waals surface area (Å²) < 4.78 is 0. The number of para-hydroxylation sites is 2. The average Bonchev–Trinajstić information content (AvgIpc) is 3.58. The summed E-state index contributed by atoms with van der Waals surface area (Å²) in [5, 5.41) is 0. The van der Waals surface area contributed by atoms with Crippen LogP contribution in [0.25, 0.3) is 33.7 Å². The van der Waals surface area contributed by atoms with Crippen molar-refractivity contribution < 1.29 is 4.79 Å². The SMILES string of the molecule is CCCCCCCCc1ccc(-c2cc(-c3ccc(C=O)cc3)sc2C=Cc2ccc(N(c3ccccc3)c3ccccc3)cc2)cc1. The second kappa shape index (κ2) is 16.7. The van der Waals surface area contributed by atoms with E-state index < -0.39 is 0 Å². The van der Waals surface area contributed by atoms with Crippen molar-refractivity contribution in [1.29, 1.82) is 0 Å². The number of aldehydes is 1. The monoisotopic (exact) mass is 645 g/mol. The molecule has 0 saturated heterocycles. The number of hydrogen-bond acceptors (Lipinski definition) is 3. The molecule has 240 valence electrons. The smallest absolute Gasteiger partial charge is 0.150 e. The summed E-state index contributed by atoms with van der Waals surface area (Å²) in [7, 11) is 0. The fourth-order valence-electron chi connectivity index (χ4n) is 6.09. The lowest BCUT2D eigenvalue weighted by atomic mass is 10.00. The van der Waals surface area contributed by atoms with Crippen LogP contribution < -0.4 is 4.90 Å². The van der Waals surface area contributed by atoms with E-state index in [0.29, 0.717) is 5.56 Å². The van der Waals surface area contributed by atoms with Crippen LogP contribution in [0.2, 0.25) is 0 Å². The molecule has 0 amide bonds. The van der Waals surface area contributed by atoms with Crippen LogP contribution in [0.5, 0.6) is 0 Å². The molecule has 0 atom stereocenters. The molecule has 5 aromatic carbocycles. The second-order valence-corrected chi connectivity index (χ2v) is 13.4. The summed E-state index contributed by atoms with van der Waals surface area (Å²) >= 11 is 1.79. The first-order valence-corrected chi connectivity index (χ1v) is 18.0. The molecule has 3 heteroatoms. The van der Waals surface area contributed by atoms with Crippen molar-refractivity contribution in [3.8, 4) is 21.6 Å². The highest BCUT2D eigenvalue weighted by atomic mass is 32.1. The molecular weight excluding hydrogens is 603 g/mol. The summed E-state index contributed by atoms with van der Waals surface area (Å²) in [6, 6.07) is 49.1. The number of rotatable bonds is 15. The van der Waals surface area contributed by atoms with Gasteiger partial charge in [0.2, 0.25) is 0 Å². The van der Waals surface area contributed by atoms with Crippen LogP contribution in [0.3, 0.4) is 0 Å². The number of anilines is 3. The van der Waals surface area contributed by atoms with Gasteiger partial charge in [-0.3, -0.25) is 4.79 Å². The molecule has 48 heavy (non-hydrogen) atoms. The molecule has 0 aliphatic rings. The molecule has 0 spiro atoms. The highest BCUT2D eigenvalue weighted by Crippen LogP contribution is 2.39. The highest BCUT2D eigenvalue weighted by molar-refractivity contribution is 7.17. The number of carbonyl (C=O) groups is 1. The maximum Gasteiger partial charge on any atom is 0.150 e. The standard InChI is InChI=1S/C45H43NOS/c1-2-3-4-5-6-9-14-35-19-26-38(27-20-35)43-33-45(39-28-21-37(34-47)22-29-39)48-44(43)32-25-36-23-30-42(31-24-36)46(40-15-10-7-11-16-40)41-17-12-8-13-18-41/h7-8,10-13,15-34H,2-6,9,14H2,1H3. The molecule has 6 aromatic rings. The van der Waals surface area contributed by atoms with Gasteiger partial charge in [0.1, 0.15) is 6.29 Å². The Labute approximate surface area is 290 Å². The normalized spacial score (nSPS) is 11.2. The summed E-state index contributed by atoms with van der Waals surface area (Å²) in [5.41, 5.74) is 10.2. The molecule has 2 nitrogen and oxygen atoms in total. The largest absolute Gasteiger partial charge is 0.311 e. The van der Waals surface area contributed by atoms with Crippen molar-refractivity contribution in [2.24, 2.45) is 0 Å². The highest BCUT2D eigenvalue weighted by Gasteiger charge is 2.13. The lowest BCUT2D eigenvalue weighted by Crippen LogP contribution is -2.09. The summed E-state index contributed by atoms with van der Waals surface area (Å²) in [4.78, 5) is 15.9. The van der Waals surface area contributed by atoms with Gasteiger partial charge in [-0.05, 0) is 83.6 Å². The first kappa shape index (κ1) is 32.9. The van der Waals surface area contributed by atoms with Gasteiger partial charge in [0, 0.05) is 37.9 Å². The zero-order valence-electron chi connectivity index (χ0n) is 27.7. The van der Waals surface area contributed by atoms with Gasteiger partial charge in [0.05, 0.1) is 0 Å². The van der Waals surface area contributed by atoms with Gasteiger partial charge in [-0.2, -0.15) is 0 Å². The van der Waals surface area contributed by atoms with E-state index in [1.807, 2.05) is 24.3 Å². The van der Waals surface area contributed by atoms with E-state index in [1.165, 1.54) is 65.0 Å². The number of nitrogens with zero attached hydrogens (tertiary/aromatic N) is 1. The van der Waals surface area contributed by atoms with Crippen LogP contribution in [0.15, 0.2) is 140 Å². The third-order valence-electron chi connectivity index (χ3n) is 8.78. The van der Waals surface area contributed by atoms with Crippen LogP contribution in [0.1, 0.15) is 71.8 Å². The fraction of sp³-hybridized carbons (Fsp3) is 0.178. The van der Waals surface area contributed by atoms with Crippen LogP contribution in [-0.4, -0.2) is 6.29 Å². The van der Waals surface area contributed by atoms with E-state index in [-0.39, 0.29) is 0 Å². The minimum atomic E-state index is 0.693. The van der Waals surface area contributed by atoms with E-state index in [0.717, 1.165) is 40.9 Å². The van der Waals surface area contributed by atoms with Gasteiger partial charge >= 0.3 is 0 Å². The van der Waals surface area contributed by atoms with Crippen molar-refractivity contribution in [2.75, 3.05) is 4.90 Å². The number of benzene rings is 5. The van der Waals surface area contributed by atoms with E-state index in [2.05, 4.69) is 139 Å². The van der Waals surface area contributed by atoms with Crippen molar-refractivity contribution in [3.05, 3.63) is 161 Å². The second-order valence-electron chi connectivity index (χ2n) is 12.3. The minimum absolute atomic E-state index is 0.693. The van der Waals surface area contributed by atoms with Gasteiger partial charge in [0.15, 0.2) is 0 Å². The lowest BCUT2D eigenvalue weighted by molar-refractivity contribution is 0.112. The summed E-state index contributed by atoms with van der Waals surface area (Å²) in [5.74, 6) is 0. The zero-order chi connectivity index (χ0) is 33.0. The van der Waals surface area contributed by atoms with Gasteiger partial charge in [0.25, 0.3) is 0 Å². The lowest BCUT2D eigenvalue weighted by Gasteiger charge is -2.25. The maximum absolute atomic E-state index is 11.3. The molecule has 0 bridgehead atoms. The first-order chi connectivity index (χ1) is 23.7. The Kier molecular flexibility index (Phi) is 11.5. The summed E-state index contributed by atoms with van der Waals surface area (Å²) in [6.07, 6.45) is 14.4. The number of unbranched alkanes of at least 4 members (excludes halogenated alkanes) is 5. The minimum Gasteiger partial charge on any atom is -0.311 e. The Balaban J connectivity index is 1.25. The van der Waals surface area contributed by atoms with Crippen LogP contribution in [-0.2, 0) is 6.42 Å². The predicted octanol–water partition coefficient (Wildman–Crippen LogP) is 13.4. The van der Waals surface area contributed by atoms with Crippen molar-refractivity contribution in [2.45, 2.75) is 51.9 Å². The molecule has 1 heterocycles. The van der Waals surface area contributed by atoms with Gasteiger partial charge in [-0.25, -0.2) is 0 Å². The van der Waals surface area contributed by atoms with E-state index in [1.54, 1.807) is 11.3 Å². The quantitative estimate of drug-likeness (QED) is 0.0818. The van der Waals surface area contributed by atoms with Gasteiger partial charge in [-0.15, -0.1) is 11.3 Å².